The van der Waals surface area contributed by atoms with Gasteiger partial charge in [0.2, 0.25) is 0 Å². The lowest BCUT2D eigenvalue weighted by molar-refractivity contribution is 0.653. The van der Waals surface area contributed by atoms with Crippen molar-refractivity contribution in [1.82, 2.24) is 0 Å². The lowest BCUT2D eigenvalue weighted by Gasteiger charge is -2.24. The summed E-state index contributed by atoms with van der Waals surface area (Å²) in [6.45, 7) is 18.3. The van der Waals surface area contributed by atoms with Crippen LogP contribution in [0.25, 0.3) is 51.5 Å². The van der Waals surface area contributed by atoms with Crippen LogP contribution in [0.15, 0.2) is 97.1 Å². The van der Waals surface area contributed by atoms with Crippen molar-refractivity contribution in [2.45, 2.75) is 66.2 Å². The quantitative estimate of drug-likeness (QED) is 0.172. The highest BCUT2D eigenvalue weighted by molar-refractivity contribution is 7.25. The van der Waals surface area contributed by atoms with Gasteiger partial charge in [0.15, 0.2) is 0 Å². The molecule has 0 amide bonds. The predicted molar refractivity (Wildman–Crippen MR) is 215 cm³/mol. The molecule has 2 aliphatic rings. The molecule has 2 aliphatic carbocycles. The molecule has 0 radical (unpaired) electrons. The molecular formula is C44H40S4. The standard InChI is InChI=1S/C32H28S3.C12H12S/c1-17-7-9-19(10-8-17)26-11-12-27(34-26)28-16-25-30(35-28)21-15-22-20(14-23(21)32(25,5)6)29-24(31(22,3)4)13-18(2)33-29;1-9-3-6-11(7-4-9)12-8-5-10(2)13-12/h7-16H,1-6H3;3-8H,1-2H3. The van der Waals surface area contributed by atoms with Gasteiger partial charge in [-0.1, -0.05) is 87.4 Å². The van der Waals surface area contributed by atoms with Crippen molar-refractivity contribution in [3.63, 3.8) is 0 Å². The first kappa shape index (κ1) is 31.7. The van der Waals surface area contributed by atoms with Gasteiger partial charge in [-0.05, 0) is 121 Å². The molecule has 3 aromatic carbocycles. The SMILES string of the molecule is Cc1ccc(-c2ccc(-c3cc4c(s3)-c3cc5c(cc3C4(C)C)-c3sc(C)cc3C5(C)C)s2)cc1.Cc1ccc(-c2ccc(C)s2)cc1. The van der Waals surface area contributed by atoms with Crippen molar-refractivity contribution >= 4 is 45.3 Å². The van der Waals surface area contributed by atoms with Gasteiger partial charge >= 0.3 is 0 Å². The van der Waals surface area contributed by atoms with E-state index in [4.69, 9.17) is 0 Å². The van der Waals surface area contributed by atoms with E-state index in [1.807, 2.05) is 45.3 Å². The molecule has 0 unspecified atom stereocenters. The number of hydrogen-bond donors (Lipinski definition) is 0. The molecule has 4 heterocycles. The first-order chi connectivity index (χ1) is 22.9. The molecule has 0 spiro atoms. The Kier molecular flexibility index (Phi) is 7.61. The summed E-state index contributed by atoms with van der Waals surface area (Å²) < 4.78 is 0. The molecule has 0 atom stereocenters. The van der Waals surface area contributed by atoms with Crippen LogP contribution in [0.1, 0.15) is 70.8 Å². The van der Waals surface area contributed by atoms with E-state index < -0.39 is 0 Å². The van der Waals surface area contributed by atoms with E-state index in [2.05, 4.69) is 152 Å². The Morgan fingerprint density at radius 2 is 0.854 bits per heavy atom. The molecule has 48 heavy (non-hydrogen) atoms. The van der Waals surface area contributed by atoms with Crippen molar-refractivity contribution in [3.8, 4) is 51.5 Å². The summed E-state index contributed by atoms with van der Waals surface area (Å²) >= 11 is 7.69. The Labute approximate surface area is 301 Å². The second-order valence-corrected chi connectivity index (χ2v) is 19.1. The zero-order valence-corrected chi connectivity index (χ0v) is 32.1. The minimum Gasteiger partial charge on any atom is -0.141 e. The van der Waals surface area contributed by atoms with Crippen LogP contribution in [0.4, 0.5) is 0 Å². The monoisotopic (exact) mass is 696 g/mol. The minimum absolute atomic E-state index is 0.0185. The van der Waals surface area contributed by atoms with Crippen LogP contribution < -0.4 is 0 Å². The van der Waals surface area contributed by atoms with Crippen LogP contribution in [0, 0.1) is 27.7 Å². The van der Waals surface area contributed by atoms with Crippen molar-refractivity contribution in [2.75, 3.05) is 0 Å². The molecule has 0 fully saturated rings. The van der Waals surface area contributed by atoms with Gasteiger partial charge in [-0.2, -0.15) is 0 Å². The average Bonchev–Trinajstić information content (AvgIpc) is 3.90. The van der Waals surface area contributed by atoms with Gasteiger partial charge in [-0.3, -0.25) is 0 Å². The average molecular weight is 697 g/mol. The molecule has 0 saturated carbocycles. The molecular weight excluding hydrogens is 657 g/mol. The second-order valence-electron chi connectivity index (χ2n) is 14.5. The fraction of sp³-hybridized carbons (Fsp3) is 0.227. The summed E-state index contributed by atoms with van der Waals surface area (Å²) in [5, 5.41) is 0. The number of aryl methyl sites for hydroxylation is 4. The zero-order valence-electron chi connectivity index (χ0n) is 28.9. The van der Waals surface area contributed by atoms with Crippen LogP contribution in [-0.4, -0.2) is 0 Å². The Balaban J connectivity index is 0.000000217. The zero-order chi connectivity index (χ0) is 33.5. The largest absolute Gasteiger partial charge is 0.141 e. The van der Waals surface area contributed by atoms with E-state index in [0.717, 1.165) is 0 Å². The van der Waals surface area contributed by atoms with Gasteiger partial charge in [0.05, 0.1) is 0 Å². The lowest BCUT2D eigenvalue weighted by Crippen LogP contribution is -2.16. The van der Waals surface area contributed by atoms with Crippen molar-refractivity contribution in [3.05, 3.63) is 140 Å². The maximum absolute atomic E-state index is 2.53. The highest BCUT2D eigenvalue weighted by Gasteiger charge is 2.43. The van der Waals surface area contributed by atoms with Crippen molar-refractivity contribution < 1.29 is 0 Å². The number of thiophene rings is 4. The molecule has 240 valence electrons. The topological polar surface area (TPSA) is 0 Å². The Morgan fingerprint density at radius 3 is 1.40 bits per heavy atom. The minimum atomic E-state index is 0.0185. The highest BCUT2D eigenvalue weighted by atomic mass is 32.1. The van der Waals surface area contributed by atoms with Crippen LogP contribution in [-0.2, 0) is 10.8 Å². The second kappa shape index (κ2) is 11.5. The molecule has 7 aromatic rings. The third-order valence-electron chi connectivity index (χ3n) is 10.2. The third kappa shape index (κ3) is 5.20. The molecule has 0 N–H and O–H groups in total. The fourth-order valence-corrected chi connectivity index (χ4v) is 11.8. The number of rotatable bonds is 3. The van der Waals surface area contributed by atoms with E-state index >= 15 is 0 Å². The van der Waals surface area contributed by atoms with E-state index in [-0.39, 0.29) is 10.8 Å². The summed E-state index contributed by atoms with van der Waals surface area (Å²) in [6.07, 6.45) is 0. The van der Waals surface area contributed by atoms with Crippen LogP contribution in [0.3, 0.4) is 0 Å². The predicted octanol–water partition coefficient (Wildman–Crippen LogP) is 14.5. The van der Waals surface area contributed by atoms with Gasteiger partial charge in [0, 0.05) is 49.8 Å². The number of hydrogen-bond acceptors (Lipinski definition) is 4. The van der Waals surface area contributed by atoms with Gasteiger partial charge < -0.3 is 0 Å². The van der Waals surface area contributed by atoms with Crippen molar-refractivity contribution in [2.24, 2.45) is 0 Å². The van der Waals surface area contributed by atoms with Gasteiger partial charge in [-0.25, -0.2) is 0 Å². The third-order valence-corrected chi connectivity index (χ3v) is 14.8. The molecule has 4 aromatic heterocycles. The van der Waals surface area contributed by atoms with Crippen LogP contribution in [0.2, 0.25) is 0 Å². The first-order valence-electron chi connectivity index (χ1n) is 16.7. The smallest absolute Gasteiger partial charge is 0.0452 e. The number of benzene rings is 3. The summed E-state index contributed by atoms with van der Waals surface area (Å²) in [7, 11) is 0. The number of fused-ring (bicyclic) bond motifs is 6. The van der Waals surface area contributed by atoms with E-state index in [9.17, 15) is 0 Å². The maximum Gasteiger partial charge on any atom is 0.0452 e. The first-order valence-corrected chi connectivity index (χ1v) is 19.9. The Hall–Kier alpha value is -3.54. The van der Waals surface area contributed by atoms with E-state index in [1.54, 1.807) is 0 Å². The van der Waals surface area contributed by atoms with E-state index in [0.29, 0.717) is 0 Å². The molecule has 0 saturated heterocycles. The van der Waals surface area contributed by atoms with Crippen molar-refractivity contribution in [1.29, 1.82) is 0 Å². The summed E-state index contributed by atoms with van der Waals surface area (Å²) in [4.78, 5) is 11.2. The Bertz CT molecular complexity index is 2310. The molecule has 4 heteroatoms. The van der Waals surface area contributed by atoms with Gasteiger partial charge in [-0.15, -0.1) is 45.3 Å². The molecule has 0 aliphatic heterocycles. The van der Waals surface area contributed by atoms with E-state index in [1.165, 1.54) is 94.7 Å². The summed E-state index contributed by atoms with van der Waals surface area (Å²) in [6, 6.07) is 36.4. The molecule has 0 nitrogen and oxygen atoms in total. The lowest BCUT2D eigenvalue weighted by atomic mass is 9.79. The molecule has 9 rings (SSSR count). The van der Waals surface area contributed by atoms with Gasteiger partial charge in [0.25, 0.3) is 0 Å². The van der Waals surface area contributed by atoms with Gasteiger partial charge in [0.1, 0.15) is 0 Å². The Morgan fingerprint density at radius 1 is 0.375 bits per heavy atom. The maximum atomic E-state index is 2.53. The fourth-order valence-electron chi connectivity index (χ4n) is 7.31. The van der Waals surface area contributed by atoms with Crippen LogP contribution in [0.5, 0.6) is 0 Å². The molecule has 0 bridgehead atoms. The highest BCUT2D eigenvalue weighted by Crippen LogP contribution is 2.60. The summed E-state index contributed by atoms with van der Waals surface area (Å²) in [5.41, 5.74) is 14.2. The summed E-state index contributed by atoms with van der Waals surface area (Å²) in [5.74, 6) is 0. The van der Waals surface area contributed by atoms with Crippen LogP contribution >= 0.6 is 45.3 Å². The normalized spacial score (nSPS) is 14.6.